The van der Waals surface area contributed by atoms with Crippen LogP contribution < -0.4 is 0 Å². The topological polar surface area (TPSA) is 102 Å². The standard InChI is InChI=1S/C15H23N5O3/c21-8-2-7-19-9-15(5-3-12(19)22)4-1-6-20(10-15)14(23)13-16-11-17-18-13/h11,21H,1-10H2,(H,16,17,18). The molecular formula is C15H23N5O3. The maximum absolute atomic E-state index is 12.5. The number of aromatic amines is 1. The first-order valence-corrected chi connectivity index (χ1v) is 8.17. The Morgan fingerprint density at radius 2 is 2.26 bits per heavy atom. The van der Waals surface area contributed by atoms with E-state index < -0.39 is 0 Å². The molecule has 0 bridgehead atoms. The van der Waals surface area contributed by atoms with E-state index in [4.69, 9.17) is 5.11 Å². The second-order valence-corrected chi connectivity index (χ2v) is 6.56. The fourth-order valence-corrected chi connectivity index (χ4v) is 3.74. The van der Waals surface area contributed by atoms with Crippen LogP contribution in [0, 0.1) is 5.41 Å². The summed E-state index contributed by atoms with van der Waals surface area (Å²) in [6.07, 6.45) is 5.24. The minimum absolute atomic E-state index is 0.0305. The number of H-pyrrole nitrogens is 1. The molecule has 0 aromatic carbocycles. The summed E-state index contributed by atoms with van der Waals surface area (Å²) in [6.45, 7) is 2.72. The highest BCUT2D eigenvalue weighted by Gasteiger charge is 2.42. The molecule has 2 N–H and O–H groups in total. The highest BCUT2D eigenvalue weighted by molar-refractivity contribution is 5.90. The van der Waals surface area contributed by atoms with Gasteiger partial charge in [-0.1, -0.05) is 0 Å². The molecule has 8 nitrogen and oxygen atoms in total. The lowest BCUT2D eigenvalue weighted by Crippen LogP contribution is -2.55. The number of aliphatic hydroxyl groups is 1. The summed E-state index contributed by atoms with van der Waals surface area (Å²) >= 11 is 0. The number of rotatable bonds is 4. The number of hydrogen-bond donors (Lipinski definition) is 2. The average Bonchev–Trinajstić information content (AvgIpc) is 3.10. The van der Waals surface area contributed by atoms with Crippen molar-refractivity contribution in [1.82, 2.24) is 25.0 Å². The molecule has 23 heavy (non-hydrogen) atoms. The van der Waals surface area contributed by atoms with Crippen LogP contribution in [0.3, 0.4) is 0 Å². The van der Waals surface area contributed by atoms with Crippen molar-refractivity contribution in [3.63, 3.8) is 0 Å². The van der Waals surface area contributed by atoms with E-state index in [9.17, 15) is 9.59 Å². The number of aromatic nitrogens is 3. The molecule has 2 aliphatic heterocycles. The molecule has 1 aromatic rings. The molecule has 1 spiro atoms. The highest BCUT2D eigenvalue weighted by atomic mass is 16.3. The van der Waals surface area contributed by atoms with Crippen LogP contribution in [0.25, 0.3) is 0 Å². The molecule has 2 aliphatic rings. The SMILES string of the molecule is O=C1CCC2(CCCN(C(=O)c3ncn[nH]3)C2)CN1CCCO. The van der Waals surface area contributed by atoms with E-state index >= 15 is 0 Å². The van der Waals surface area contributed by atoms with Crippen LogP contribution in [0.5, 0.6) is 0 Å². The Balaban J connectivity index is 1.69. The first-order valence-electron chi connectivity index (χ1n) is 8.17. The molecule has 0 aliphatic carbocycles. The summed E-state index contributed by atoms with van der Waals surface area (Å²) in [7, 11) is 0. The van der Waals surface area contributed by atoms with Gasteiger partial charge in [0.25, 0.3) is 5.91 Å². The zero-order valence-electron chi connectivity index (χ0n) is 13.2. The Hall–Kier alpha value is -1.96. The van der Waals surface area contributed by atoms with Crippen molar-refractivity contribution in [2.75, 3.05) is 32.8 Å². The molecule has 3 rings (SSSR count). The van der Waals surface area contributed by atoms with Gasteiger partial charge >= 0.3 is 0 Å². The molecule has 2 amide bonds. The smallest absolute Gasteiger partial charge is 0.291 e. The van der Waals surface area contributed by atoms with Crippen molar-refractivity contribution >= 4 is 11.8 Å². The van der Waals surface area contributed by atoms with Gasteiger partial charge in [-0.15, -0.1) is 0 Å². The monoisotopic (exact) mass is 321 g/mol. The number of hydrogen-bond acceptors (Lipinski definition) is 5. The quantitative estimate of drug-likeness (QED) is 0.814. The van der Waals surface area contributed by atoms with Crippen molar-refractivity contribution in [3.8, 4) is 0 Å². The van der Waals surface area contributed by atoms with Crippen LogP contribution in [-0.2, 0) is 4.79 Å². The van der Waals surface area contributed by atoms with E-state index in [1.807, 2.05) is 9.80 Å². The summed E-state index contributed by atoms with van der Waals surface area (Å²) in [5.41, 5.74) is -0.0305. The molecule has 0 saturated carbocycles. The van der Waals surface area contributed by atoms with Gasteiger partial charge in [0.1, 0.15) is 6.33 Å². The number of aliphatic hydroxyl groups excluding tert-OH is 1. The summed E-state index contributed by atoms with van der Waals surface area (Å²) in [4.78, 5) is 32.2. The summed E-state index contributed by atoms with van der Waals surface area (Å²) in [5.74, 6) is 0.300. The van der Waals surface area contributed by atoms with E-state index in [0.717, 1.165) is 19.3 Å². The normalized spacial score (nSPS) is 25.2. The zero-order valence-corrected chi connectivity index (χ0v) is 13.2. The number of likely N-dealkylation sites (tertiary alicyclic amines) is 2. The van der Waals surface area contributed by atoms with E-state index in [1.165, 1.54) is 6.33 Å². The summed E-state index contributed by atoms with van der Waals surface area (Å²) in [6, 6.07) is 0. The Morgan fingerprint density at radius 3 is 3.00 bits per heavy atom. The predicted molar refractivity (Wildman–Crippen MR) is 81.5 cm³/mol. The highest BCUT2D eigenvalue weighted by Crippen LogP contribution is 2.39. The van der Waals surface area contributed by atoms with Crippen molar-refractivity contribution in [1.29, 1.82) is 0 Å². The van der Waals surface area contributed by atoms with Gasteiger partial charge < -0.3 is 14.9 Å². The van der Waals surface area contributed by atoms with Gasteiger partial charge in [-0.25, -0.2) is 4.98 Å². The van der Waals surface area contributed by atoms with Gasteiger partial charge in [0.05, 0.1) is 0 Å². The molecule has 3 heterocycles. The Bertz CT molecular complexity index is 561. The van der Waals surface area contributed by atoms with Crippen molar-refractivity contribution < 1.29 is 14.7 Å². The van der Waals surface area contributed by atoms with E-state index in [1.54, 1.807) is 0 Å². The van der Waals surface area contributed by atoms with Gasteiger partial charge in [0, 0.05) is 44.6 Å². The number of piperidine rings is 2. The third kappa shape index (κ3) is 3.36. The van der Waals surface area contributed by atoms with Crippen LogP contribution in [0.4, 0.5) is 0 Å². The van der Waals surface area contributed by atoms with Crippen LogP contribution in [-0.4, -0.2) is 74.7 Å². The van der Waals surface area contributed by atoms with Crippen molar-refractivity contribution in [2.45, 2.75) is 32.1 Å². The first kappa shape index (κ1) is 15.9. The Morgan fingerprint density at radius 1 is 1.39 bits per heavy atom. The predicted octanol–water partition coefficient (Wildman–Crippen LogP) is 0.0319. The molecule has 8 heteroatoms. The molecule has 0 radical (unpaired) electrons. The Labute approximate surface area is 134 Å². The molecule has 2 fully saturated rings. The van der Waals surface area contributed by atoms with Gasteiger partial charge in [0.2, 0.25) is 11.7 Å². The molecular weight excluding hydrogens is 298 g/mol. The largest absolute Gasteiger partial charge is 0.396 e. The van der Waals surface area contributed by atoms with E-state index in [2.05, 4.69) is 15.2 Å². The molecule has 2 saturated heterocycles. The summed E-state index contributed by atoms with van der Waals surface area (Å²) in [5, 5.41) is 15.4. The second-order valence-electron chi connectivity index (χ2n) is 6.56. The molecule has 1 unspecified atom stereocenters. The minimum atomic E-state index is -0.125. The number of nitrogens with one attached hydrogen (secondary N) is 1. The Kier molecular flexibility index (Phi) is 4.61. The third-order valence-corrected chi connectivity index (χ3v) is 4.90. The minimum Gasteiger partial charge on any atom is -0.396 e. The first-order chi connectivity index (χ1) is 11.1. The average molecular weight is 321 g/mol. The lowest BCUT2D eigenvalue weighted by Gasteiger charge is -2.48. The fraction of sp³-hybridized carbons (Fsp3) is 0.733. The number of carbonyl (C=O) groups is 2. The van der Waals surface area contributed by atoms with E-state index in [0.29, 0.717) is 39.0 Å². The number of nitrogens with zero attached hydrogens (tertiary/aromatic N) is 4. The van der Waals surface area contributed by atoms with Crippen LogP contribution in [0.1, 0.15) is 42.7 Å². The van der Waals surface area contributed by atoms with Gasteiger partial charge in [-0.3, -0.25) is 14.7 Å². The van der Waals surface area contributed by atoms with Crippen LogP contribution in [0.2, 0.25) is 0 Å². The summed E-state index contributed by atoms with van der Waals surface area (Å²) < 4.78 is 0. The van der Waals surface area contributed by atoms with Gasteiger partial charge in [-0.05, 0) is 25.7 Å². The van der Waals surface area contributed by atoms with Crippen LogP contribution in [0.15, 0.2) is 6.33 Å². The maximum atomic E-state index is 12.5. The van der Waals surface area contributed by atoms with Crippen molar-refractivity contribution in [2.24, 2.45) is 5.41 Å². The molecule has 126 valence electrons. The zero-order chi connectivity index (χ0) is 16.3. The van der Waals surface area contributed by atoms with Crippen molar-refractivity contribution in [3.05, 3.63) is 12.2 Å². The lowest BCUT2D eigenvalue weighted by atomic mass is 9.73. The maximum Gasteiger partial charge on any atom is 0.291 e. The lowest BCUT2D eigenvalue weighted by molar-refractivity contribution is -0.139. The third-order valence-electron chi connectivity index (χ3n) is 4.90. The van der Waals surface area contributed by atoms with Gasteiger partial charge in [0.15, 0.2) is 0 Å². The fourth-order valence-electron chi connectivity index (χ4n) is 3.74. The number of amides is 2. The van der Waals surface area contributed by atoms with E-state index in [-0.39, 0.29) is 29.7 Å². The molecule has 1 atom stereocenters. The number of carbonyl (C=O) groups excluding carboxylic acids is 2. The second kappa shape index (κ2) is 6.66. The van der Waals surface area contributed by atoms with Crippen LogP contribution >= 0.6 is 0 Å². The molecule has 1 aromatic heterocycles. The van der Waals surface area contributed by atoms with Gasteiger partial charge in [-0.2, -0.15) is 5.10 Å².